The Labute approximate surface area is 103 Å². The number of nitrogens with one attached hydrogen (secondary N) is 1. The summed E-state index contributed by atoms with van der Waals surface area (Å²) in [6.45, 7) is 0. The van der Waals surface area contributed by atoms with Crippen molar-refractivity contribution in [1.29, 1.82) is 0 Å². The van der Waals surface area contributed by atoms with Gasteiger partial charge < -0.3 is 5.32 Å². The summed E-state index contributed by atoms with van der Waals surface area (Å²) in [6.07, 6.45) is -3.77. The van der Waals surface area contributed by atoms with Gasteiger partial charge in [0.2, 0.25) is 5.82 Å². The standard InChI is InChI=1S/C7H6F3N3S3/c8-7(9,10)5-12-4(16-13-5)3-1-2-15-6(14)11-3/h3H,1-2H2,(H,11,14). The first kappa shape index (κ1) is 12.1. The first-order chi connectivity index (χ1) is 7.47. The van der Waals surface area contributed by atoms with Crippen LogP contribution in [0.3, 0.4) is 0 Å². The lowest BCUT2D eigenvalue weighted by atomic mass is 10.2. The molecule has 1 N–H and O–H groups in total. The van der Waals surface area contributed by atoms with Crippen LogP contribution in [0.15, 0.2) is 0 Å². The molecule has 0 amide bonds. The predicted molar refractivity (Wildman–Crippen MR) is 60.5 cm³/mol. The Kier molecular flexibility index (Phi) is 3.36. The topological polar surface area (TPSA) is 37.8 Å². The number of thiocarbonyl (C=S) groups is 1. The number of halogens is 3. The maximum atomic E-state index is 12.3. The second-order valence-corrected chi connectivity index (χ2v) is 5.63. The van der Waals surface area contributed by atoms with Crippen LogP contribution in [0.25, 0.3) is 0 Å². The number of nitrogens with zero attached hydrogens (tertiary/aromatic N) is 2. The molecule has 0 saturated carbocycles. The Balaban J connectivity index is 2.15. The molecular formula is C7H6F3N3S3. The van der Waals surface area contributed by atoms with E-state index in [4.69, 9.17) is 12.2 Å². The van der Waals surface area contributed by atoms with Crippen LogP contribution < -0.4 is 5.32 Å². The smallest absolute Gasteiger partial charge is 0.362 e. The Morgan fingerprint density at radius 2 is 2.19 bits per heavy atom. The second kappa shape index (κ2) is 4.46. The quantitative estimate of drug-likeness (QED) is 0.803. The Morgan fingerprint density at radius 1 is 1.44 bits per heavy atom. The third-order valence-corrected chi connectivity index (χ3v) is 4.04. The number of alkyl halides is 3. The molecule has 0 radical (unpaired) electrons. The molecule has 2 heterocycles. The first-order valence-electron chi connectivity index (χ1n) is 4.31. The molecule has 0 aliphatic carbocycles. The van der Waals surface area contributed by atoms with Crippen LogP contribution >= 0.6 is 35.5 Å². The molecule has 1 aromatic rings. The van der Waals surface area contributed by atoms with Crippen molar-refractivity contribution in [3.63, 3.8) is 0 Å². The van der Waals surface area contributed by atoms with Gasteiger partial charge in [-0.25, -0.2) is 4.98 Å². The van der Waals surface area contributed by atoms with Gasteiger partial charge >= 0.3 is 6.18 Å². The molecule has 1 atom stereocenters. The molecule has 88 valence electrons. The summed E-state index contributed by atoms with van der Waals surface area (Å²) in [6, 6.07) is -0.234. The minimum atomic E-state index is -4.47. The maximum Gasteiger partial charge on any atom is 0.452 e. The van der Waals surface area contributed by atoms with Gasteiger partial charge in [0.25, 0.3) is 0 Å². The van der Waals surface area contributed by atoms with Gasteiger partial charge in [0, 0.05) is 5.75 Å². The van der Waals surface area contributed by atoms with E-state index in [1.54, 1.807) is 0 Å². The van der Waals surface area contributed by atoms with Crippen molar-refractivity contribution < 1.29 is 13.2 Å². The number of aromatic nitrogens is 2. The molecule has 1 unspecified atom stereocenters. The molecule has 3 nitrogen and oxygen atoms in total. The summed E-state index contributed by atoms with van der Waals surface area (Å²) in [5, 5.41) is 3.27. The van der Waals surface area contributed by atoms with E-state index in [2.05, 4.69) is 14.7 Å². The van der Waals surface area contributed by atoms with Gasteiger partial charge in [-0.1, -0.05) is 24.0 Å². The van der Waals surface area contributed by atoms with E-state index in [1.807, 2.05) is 0 Å². The highest BCUT2D eigenvalue weighted by Crippen LogP contribution is 2.31. The van der Waals surface area contributed by atoms with Gasteiger partial charge in [-0.05, 0) is 18.0 Å². The number of thioether (sulfide) groups is 1. The summed E-state index contributed by atoms with van der Waals surface area (Å²) >= 11 is 7.20. The van der Waals surface area contributed by atoms with E-state index >= 15 is 0 Å². The minimum Gasteiger partial charge on any atom is -0.362 e. The Morgan fingerprint density at radius 3 is 2.75 bits per heavy atom. The van der Waals surface area contributed by atoms with Gasteiger partial charge in [-0.15, -0.1) is 0 Å². The van der Waals surface area contributed by atoms with Crippen molar-refractivity contribution in [2.45, 2.75) is 18.6 Å². The summed E-state index contributed by atoms with van der Waals surface area (Å²) in [5.74, 6) is -0.282. The van der Waals surface area contributed by atoms with Crippen LogP contribution in [0.2, 0.25) is 0 Å². The summed E-state index contributed by atoms with van der Waals surface area (Å²) < 4.78 is 40.7. The van der Waals surface area contributed by atoms with E-state index in [0.29, 0.717) is 15.7 Å². The highest BCUT2D eigenvalue weighted by molar-refractivity contribution is 8.23. The molecule has 1 aliphatic heterocycles. The van der Waals surface area contributed by atoms with Gasteiger partial charge in [0.1, 0.15) is 9.33 Å². The average Bonchev–Trinajstić information content (AvgIpc) is 2.65. The summed E-state index contributed by atoms with van der Waals surface area (Å²) in [4.78, 5) is 3.49. The van der Waals surface area contributed by atoms with Gasteiger partial charge in [-0.3, -0.25) is 0 Å². The molecule has 16 heavy (non-hydrogen) atoms. The normalized spacial score (nSPS) is 21.9. The fraction of sp³-hybridized carbons (Fsp3) is 0.571. The van der Waals surface area contributed by atoms with E-state index in [0.717, 1.165) is 17.3 Å². The van der Waals surface area contributed by atoms with E-state index in [1.165, 1.54) is 11.8 Å². The molecule has 1 aliphatic rings. The lowest BCUT2D eigenvalue weighted by Gasteiger charge is -2.22. The van der Waals surface area contributed by atoms with Crippen molar-refractivity contribution in [1.82, 2.24) is 14.7 Å². The maximum absolute atomic E-state index is 12.3. The van der Waals surface area contributed by atoms with E-state index in [-0.39, 0.29) is 6.04 Å². The van der Waals surface area contributed by atoms with Crippen LogP contribution in [-0.2, 0) is 6.18 Å². The molecule has 9 heteroatoms. The second-order valence-electron chi connectivity index (χ2n) is 3.08. The van der Waals surface area contributed by atoms with Gasteiger partial charge in [0.15, 0.2) is 0 Å². The summed E-state index contributed by atoms with van der Waals surface area (Å²) in [7, 11) is 0. The van der Waals surface area contributed by atoms with Crippen molar-refractivity contribution in [3.8, 4) is 0 Å². The van der Waals surface area contributed by atoms with E-state index in [9.17, 15) is 13.2 Å². The summed E-state index contributed by atoms with van der Waals surface area (Å²) in [5.41, 5.74) is 0. The van der Waals surface area contributed by atoms with Crippen molar-refractivity contribution >= 4 is 39.8 Å². The highest BCUT2D eigenvalue weighted by atomic mass is 32.2. The fourth-order valence-corrected chi connectivity index (χ4v) is 3.12. The predicted octanol–water partition coefficient (Wildman–Crippen LogP) is 2.61. The Hall–Kier alpha value is -0.410. The van der Waals surface area contributed by atoms with Gasteiger partial charge in [-0.2, -0.15) is 17.5 Å². The van der Waals surface area contributed by atoms with Gasteiger partial charge in [0.05, 0.1) is 6.04 Å². The zero-order valence-corrected chi connectivity index (χ0v) is 10.2. The number of hydrogen-bond acceptors (Lipinski definition) is 5. The van der Waals surface area contributed by atoms with Crippen molar-refractivity contribution in [2.75, 3.05) is 5.75 Å². The monoisotopic (exact) mass is 285 g/mol. The zero-order chi connectivity index (χ0) is 11.8. The molecule has 0 aromatic carbocycles. The van der Waals surface area contributed by atoms with Crippen molar-refractivity contribution in [2.24, 2.45) is 0 Å². The molecule has 2 rings (SSSR count). The largest absolute Gasteiger partial charge is 0.452 e. The van der Waals surface area contributed by atoms with Crippen LogP contribution in [0.5, 0.6) is 0 Å². The lowest BCUT2D eigenvalue weighted by molar-refractivity contribution is -0.144. The molecule has 1 aromatic heterocycles. The van der Waals surface area contributed by atoms with E-state index < -0.39 is 12.0 Å². The number of hydrogen-bond donors (Lipinski definition) is 1. The first-order valence-corrected chi connectivity index (χ1v) is 6.47. The zero-order valence-electron chi connectivity index (χ0n) is 7.74. The molecular weight excluding hydrogens is 279 g/mol. The molecule has 1 saturated heterocycles. The third kappa shape index (κ3) is 2.64. The van der Waals surface area contributed by atoms with Crippen molar-refractivity contribution in [3.05, 3.63) is 10.8 Å². The lowest BCUT2D eigenvalue weighted by Crippen LogP contribution is -2.29. The van der Waals surface area contributed by atoms with Crippen LogP contribution in [-0.4, -0.2) is 19.4 Å². The molecule has 0 spiro atoms. The highest BCUT2D eigenvalue weighted by Gasteiger charge is 2.37. The van der Waals surface area contributed by atoms with Crippen LogP contribution in [0, 0.1) is 0 Å². The SMILES string of the molecule is FC(F)(F)c1nsc(C2CCSC(=S)N2)n1. The fourth-order valence-electron chi connectivity index (χ4n) is 1.20. The molecule has 0 bridgehead atoms. The minimum absolute atomic E-state index is 0.234. The molecule has 1 fully saturated rings. The van der Waals surface area contributed by atoms with Crippen LogP contribution in [0.4, 0.5) is 13.2 Å². The third-order valence-electron chi connectivity index (χ3n) is 1.93. The van der Waals surface area contributed by atoms with Crippen LogP contribution in [0.1, 0.15) is 23.3 Å². The number of rotatable bonds is 1. The average molecular weight is 285 g/mol. The Bertz CT molecular complexity index is 403.